The van der Waals surface area contributed by atoms with E-state index in [2.05, 4.69) is 59.9 Å². The van der Waals surface area contributed by atoms with E-state index in [1.807, 2.05) is 30.5 Å². The van der Waals surface area contributed by atoms with Crippen molar-refractivity contribution < 1.29 is 19.8 Å². The van der Waals surface area contributed by atoms with E-state index in [-0.39, 0.29) is 0 Å². The van der Waals surface area contributed by atoms with Crippen molar-refractivity contribution in [3.63, 3.8) is 0 Å². The normalized spacial score (nSPS) is 12.3. The van der Waals surface area contributed by atoms with Crippen LogP contribution in [0.5, 0.6) is 0 Å². The Kier molecular flexibility index (Phi) is 40.7. The Morgan fingerprint density at radius 2 is 0.875 bits per heavy atom. The molecule has 2 atom stereocenters. The van der Waals surface area contributed by atoms with Crippen LogP contribution in [-0.4, -0.2) is 60.0 Å². The average molecular weight is 732 g/mol. The summed E-state index contributed by atoms with van der Waals surface area (Å²) >= 11 is 9.82. The molecule has 0 bridgehead atoms. The molecule has 2 unspecified atom stereocenters. The summed E-state index contributed by atoms with van der Waals surface area (Å²) in [6.45, 7) is 11.1. The van der Waals surface area contributed by atoms with Crippen molar-refractivity contribution in [2.45, 2.75) is 174 Å². The van der Waals surface area contributed by atoms with Crippen LogP contribution in [0.4, 0.5) is 0 Å². The van der Waals surface area contributed by atoms with Gasteiger partial charge in [-0.05, 0) is 24.7 Å². The van der Waals surface area contributed by atoms with Gasteiger partial charge in [0.2, 0.25) is 0 Å². The summed E-state index contributed by atoms with van der Waals surface area (Å²) in [4.78, 5) is 20.8. The van der Waals surface area contributed by atoms with Gasteiger partial charge in [-0.15, -0.1) is 0 Å². The zero-order chi connectivity index (χ0) is 31.0. The van der Waals surface area contributed by atoms with Crippen molar-refractivity contribution in [1.29, 1.82) is 0 Å². The topological polar surface area (TPSA) is 74.6 Å². The Bertz CT molecular complexity index is 490. The molecule has 0 aliphatic heterocycles. The van der Waals surface area contributed by atoms with Crippen LogP contribution in [0.2, 0.25) is 0 Å². The molecule has 0 aromatic carbocycles. The third kappa shape index (κ3) is 43.3. The molecule has 40 heavy (non-hydrogen) atoms. The molecule has 0 saturated heterocycles. The Morgan fingerprint density at radius 1 is 0.575 bits per heavy atom. The second kappa shape index (κ2) is 36.0. The molecule has 2 radical (unpaired) electrons. The summed E-state index contributed by atoms with van der Waals surface area (Å²) in [6, 6.07) is 0. The summed E-state index contributed by atoms with van der Waals surface area (Å²) in [5.41, 5.74) is 0. The number of unbranched alkanes of at least 4 members (excludes halogenated alkanes) is 13. The molecule has 0 spiro atoms. The fourth-order valence-electron chi connectivity index (χ4n) is 4.04. The number of rotatable bonds is 25. The number of carboxylic acids is 2. The van der Waals surface area contributed by atoms with Crippen LogP contribution in [0, 0.1) is 11.8 Å². The Balaban J connectivity index is -0.000000514. The van der Waals surface area contributed by atoms with Gasteiger partial charge < -0.3 is 10.2 Å². The molecule has 0 amide bonds. The molecule has 0 aliphatic rings. The quantitative estimate of drug-likeness (QED) is 0.0427. The Labute approximate surface area is 276 Å². The predicted octanol–water partition coefficient (Wildman–Crippen LogP) is 10.7. The van der Waals surface area contributed by atoms with E-state index in [0.29, 0.717) is 12.8 Å². The molecule has 8 heteroatoms. The van der Waals surface area contributed by atoms with Crippen molar-refractivity contribution in [3.05, 3.63) is 0 Å². The van der Waals surface area contributed by atoms with Crippen LogP contribution in [0.15, 0.2) is 0 Å². The summed E-state index contributed by atoms with van der Waals surface area (Å²) in [6.07, 6.45) is 25.0. The Morgan fingerprint density at radius 3 is 1.18 bits per heavy atom. The molecular formula is C32H65O4S3Sb. The molecule has 2 N–H and O–H groups in total. The summed E-state index contributed by atoms with van der Waals surface area (Å²) in [5.74, 6) is 1.29. The number of aliphatic carboxylic acids is 2. The van der Waals surface area contributed by atoms with Crippen LogP contribution >= 0.6 is 34.1 Å². The first-order chi connectivity index (χ1) is 19.0. The fourth-order valence-corrected chi connectivity index (χ4v) is 5.84. The van der Waals surface area contributed by atoms with E-state index < -0.39 is 22.4 Å². The third-order valence-corrected chi connectivity index (χ3v) is 9.67. The first-order valence-corrected chi connectivity index (χ1v) is 21.2. The van der Waals surface area contributed by atoms with Crippen LogP contribution < -0.4 is 0 Å². The zero-order valence-corrected chi connectivity index (χ0v) is 31.8. The first kappa shape index (κ1) is 45.2. The van der Waals surface area contributed by atoms with E-state index in [1.54, 1.807) is 0 Å². The molecule has 4 nitrogen and oxygen atoms in total. The number of hydrogen-bond donors (Lipinski definition) is 4. The second-order valence-electron chi connectivity index (χ2n) is 11.8. The Hall–Kier alpha value is 0.808. The van der Waals surface area contributed by atoms with Gasteiger partial charge in [-0.1, -0.05) is 86.0 Å². The van der Waals surface area contributed by atoms with Crippen molar-refractivity contribution in [2.24, 2.45) is 11.8 Å². The van der Waals surface area contributed by atoms with E-state index in [1.165, 1.54) is 95.6 Å². The van der Waals surface area contributed by atoms with Crippen LogP contribution in [0.1, 0.15) is 163 Å². The molecule has 0 fully saturated rings. The van der Waals surface area contributed by atoms with Crippen LogP contribution in [0.25, 0.3) is 0 Å². The maximum absolute atomic E-state index is 10.4. The SMILES string of the molecule is CC(C)CCCCCC(S)C(=O)O.CC(C)CCCCCC(S)C(=O)O.CCCCCCCCCCCC[S][Sb]. The van der Waals surface area contributed by atoms with E-state index >= 15 is 0 Å². The number of carbonyl (C=O) groups is 2. The molecule has 0 rings (SSSR count). The van der Waals surface area contributed by atoms with Gasteiger partial charge in [0.05, 0.1) is 10.5 Å². The van der Waals surface area contributed by atoms with Gasteiger partial charge in [0.1, 0.15) is 0 Å². The van der Waals surface area contributed by atoms with Gasteiger partial charge in [0.15, 0.2) is 0 Å². The second-order valence-corrected chi connectivity index (χ2v) is 15.9. The molecule has 0 aromatic rings. The van der Waals surface area contributed by atoms with Crippen molar-refractivity contribution in [3.8, 4) is 0 Å². The minimum atomic E-state index is -0.799. The molecular weight excluding hydrogens is 666 g/mol. The van der Waals surface area contributed by atoms with Gasteiger partial charge in [-0.3, -0.25) is 9.59 Å². The van der Waals surface area contributed by atoms with Crippen LogP contribution in [0.3, 0.4) is 0 Å². The maximum atomic E-state index is 10.4. The van der Waals surface area contributed by atoms with Crippen molar-refractivity contribution in [1.82, 2.24) is 0 Å². The molecule has 0 heterocycles. The third-order valence-electron chi connectivity index (χ3n) is 6.68. The van der Waals surface area contributed by atoms with Crippen LogP contribution in [-0.2, 0) is 9.59 Å². The fraction of sp³-hybridized carbons (Fsp3) is 0.938. The predicted molar refractivity (Wildman–Crippen MR) is 187 cm³/mol. The number of thiol groups is 2. The van der Waals surface area contributed by atoms with E-state index in [9.17, 15) is 9.59 Å². The van der Waals surface area contributed by atoms with E-state index in [4.69, 9.17) is 10.2 Å². The van der Waals surface area contributed by atoms with Gasteiger partial charge in [-0.25, -0.2) is 0 Å². The zero-order valence-electron chi connectivity index (χ0n) is 26.6. The molecule has 0 aliphatic carbocycles. The average Bonchev–Trinajstić information content (AvgIpc) is 2.89. The molecule has 0 saturated carbocycles. The van der Waals surface area contributed by atoms with Gasteiger partial charge in [-0.2, -0.15) is 25.3 Å². The number of carboxylic acid groups (broad SMARTS) is 2. The number of hydrogen-bond acceptors (Lipinski definition) is 5. The van der Waals surface area contributed by atoms with Gasteiger partial charge in [0, 0.05) is 0 Å². The summed E-state index contributed by atoms with van der Waals surface area (Å²) in [7, 11) is 2.03. The monoisotopic (exact) mass is 730 g/mol. The van der Waals surface area contributed by atoms with Gasteiger partial charge >= 0.3 is 112 Å². The summed E-state index contributed by atoms with van der Waals surface area (Å²) in [5, 5.41) is 16.2. The van der Waals surface area contributed by atoms with E-state index in [0.717, 1.165) is 37.5 Å². The minimum absolute atomic E-state index is 0.473. The molecule has 240 valence electrons. The first-order valence-electron chi connectivity index (χ1n) is 16.1. The summed E-state index contributed by atoms with van der Waals surface area (Å²) < 4.78 is 0. The molecule has 0 aromatic heterocycles. The van der Waals surface area contributed by atoms with Crippen molar-refractivity contribution >= 4 is 67.7 Å². The standard InChI is InChI=1S/C12H26S.2C10H20O2S.Sb/c1-2-3-4-5-6-7-8-9-10-11-12-13;2*1-8(2)6-4-3-5-7-9(13)10(11)12;/h13H,2-12H2,1H3;2*8-9,13H,3-7H2,1-2H3,(H,11,12);/q;;;+1/p-1. The van der Waals surface area contributed by atoms with Crippen molar-refractivity contribution in [2.75, 3.05) is 5.75 Å². The van der Waals surface area contributed by atoms with Gasteiger partial charge in [0.25, 0.3) is 0 Å².